The molecule has 2 rings (SSSR count). The van der Waals surface area contributed by atoms with Crippen LogP contribution in [0.4, 0.5) is 10.1 Å². The van der Waals surface area contributed by atoms with Crippen LogP contribution in [-0.4, -0.2) is 16.0 Å². The number of aromatic carboxylic acids is 1. The second-order valence-electron chi connectivity index (χ2n) is 3.40. The third-order valence-corrected chi connectivity index (χ3v) is 4.27. The molecule has 0 fully saturated rings. The van der Waals surface area contributed by atoms with E-state index in [1.165, 1.54) is 11.3 Å². The molecule has 0 saturated carbocycles. The first-order valence-corrected chi connectivity index (χ1v) is 6.61. The van der Waals surface area contributed by atoms with Crippen LogP contribution in [0.5, 0.6) is 0 Å². The maximum atomic E-state index is 13.4. The summed E-state index contributed by atoms with van der Waals surface area (Å²) in [5.41, 5.74) is -1.02. The van der Waals surface area contributed by atoms with Crippen LogP contribution in [-0.2, 0) is 0 Å². The van der Waals surface area contributed by atoms with Gasteiger partial charge < -0.3 is 5.11 Å². The van der Waals surface area contributed by atoms with Crippen molar-refractivity contribution in [3.8, 4) is 0 Å². The van der Waals surface area contributed by atoms with Crippen LogP contribution in [0.15, 0.2) is 38.8 Å². The minimum Gasteiger partial charge on any atom is -0.478 e. The normalized spacial score (nSPS) is 10.4. The standard InChI is InChI=1S/C11H6FNO4S2/c12-7-5-8(13(16)17)9(4-6(7)11(14)15)19-10-2-1-3-18-10/h1-5H,(H,14,15). The SMILES string of the molecule is O=C(O)c1cc(Sc2cccs2)c([N+](=O)[O-])cc1F. The van der Waals surface area contributed by atoms with Crippen molar-refractivity contribution in [3.05, 3.63) is 51.1 Å². The molecule has 0 aliphatic heterocycles. The maximum absolute atomic E-state index is 13.4. The highest BCUT2D eigenvalue weighted by molar-refractivity contribution is 8.01. The van der Waals surface area contributed by atoms with Crippen LogP contribution in [0.2, 0.25) is 0 Å². The monoisotopic (exact) mass is 299 g/mol. The van der Waals surface area contributed by atoms with E-state index in [0.717, 1.165) is 22.0 Å². The second kappa shape index (κ2) is 5.37. The molecule has 0 aliphatic rings. The third-order valence-electron chi connectivity index (χ3n) is 2.18. The van der Waals surface area contributed by atoms with Crippen LogP contribution < -0.4 is 0 Å². The molecule has 0 radical (unpaired) electrons. The Balaban J connectivity index is 2.52. The molecule has 8 heteroatoms. The molecule has 0 saturated heterocycles. The Hall–Kier alpha value is -1.93. The summed E-state index contributed by atoms with van der Waals surface area (Å²) in [6.45, 7) is 0. The number of hydrogen-bond acceptors (Lipinski definition) is 5. The lowest BCUT2D eigenvalue weighted by atomic mass is 10.2. The molecule has 1 aromatic heterocycles. The third kappa shape index (κ3) is 2.91. The highest BCUT2D eigenvalue weighted by atomic mass is 32.2. The lowest BCUT2D eigenvalue weighted by Gasteiger charge is -2.04. The Kier molecular flexibility index (Phi) is 3.82. The number of carboxylic acids is 1. The highest BCUT2D eigenvalue weighted by Crippen LogP contribution is 2.38. The quantitative estimate of drug-likeness (QED) is 0.688. The molecule has 1 heterocycles. The zero-order valence-corrected chi connectivity index (χ0v) is 10.8. The van der Waals surface area contributed by atoms with Crippen molar-refractivity contribution in [1.82, 2.24) is 0 Å². The van der Waals surface area contributed by atoms with E-state index >= 15 is 0 Å². The molecule has 0 spiro atoms. The molecular weight excluding hydrogens is 293 g/mol. The molecular formula is C11H6FNO4S2. The molecule has 98 valence electrons. The topological polar surface area (TPSA) is 80.4 Å². The number of nitro benzene ring substituents is 1. The molecule has 0 unspecified atom stereocenters. The second-order valence-corrected chi connectivity index (χ2v) is 5.69. The zero-order chi connectivity index (χ0) is 14.0. The lowest BCUT2D eigenvalue weighted by molar-refractivity contribution is -0.387. The van der Waals surface area contributed by atoms with E-state index in [9.17, 15) is 19.3 Å². The predicted octanol–water partition coefficient (Wildman–Crippen LogP) is 3.64. The smallest absolute Gasteiger partial charge is 0.338 e. The summed E-state index contributed by atoms with van der Waals surface area (Å²) in [4.78, 5) is 21.1. The van der Waals surface area contributed by atoms with Crippen molar-refractivity contribution in [1.29, 1.82) is 0 Å². The molecule has 0 atom stereocenters. The number of carboxylic acid groups (broad SMARTS) is 1. The average molecular weight is 299 g/mol. The van der Waals surface area contributed by atoms with Crippen LogP contribution in [0.1, 0.15) is 10.4 Å². The number of thiophene rings is 1. The van der Waals surface area contributed by atoms with E-state index < -0.39 is 28.0 Å². The summed E-state index contributed by atoms with van der Waals surface area (Å²) < 4.78 is 14.2. The van der Waals surface area contributed by atoms with Crippen molar-refractivity contribution in [2.75, 3.05) is 0 Å². The van der Waals surface area contributed by atoms with Crippen LogP contribution in [0, 0.1) is 15.9 Å². The molecule has 2 aromatic rings. The first kappa shape index (κ1) is 13.5. The summed E-state index contributed by atoms with van der Waals surface area (Å²) in [5, 5.41) is 21.5. The van der Waals surface area contributed by atoms with E-state index in [1.54, 1.807) is 17.5 Å². The highest BCUT2D eigenvalue weighted by Gasteiger charge is 2.22. The lowest BCUT2D eigenvalue weighted by Crippen LogP contribution is -2.03. The van der Waals surface area contributed by atoms with E-state index in [0.29, 0.717) is 6.07 Å². The van der Waals surface area contributed by atoms with Crippen molar-refractivity contribution in [2.24, 2.45) is 0 Å². The van der Waals surface area contributed by atoms with Gasteiger partial charge in [-0.2, -0.15) is 0 Å². The van der Waals surface area contributed by atoms with E-state index in [4.69, 9.17) is 5.11 Å². The Morgan fingerprint density at radius 3 is 2.74 bits per heavy atom. The van der Waals surface area contributed by atoms with E-state index in [1.807, 2.05) is 0 Å². The summed E-state index contributed by atoms with van der Waals surface area (Å²) in [6.07, 6.45) is 0. The Bertz CT molecular complexity index is 642. The van der Waals surface area contributed by atoms with Gasteiger partial charge in [-0.3, -0.25) is 10.1 Å². The Labute approximate surface area is 114 Å². The predicted molar refractivity (Wildman–Crippen MR) is 68.5 cm³/mol. The fourth-order valence-electron chi connectivity index (χ4n) is 1.36. The zero-order valence-electron chi connectivity index (χ0n) is 9.20. The number of nitrogens with zero attached hydrogens (tertiary/aromatic N) is 1. The Morgan fingerprint density at radius 2 is 2.21 bits per heavy atom. The minimum atomic E-state index is -1.46. The number of rotatable bonds is 4. The number of halogens is 1. The summed E-state index contributed by atoms with van der Waals surface area (Å²) in [5.74, 6) is -2.57. The molecule has 1 N–H and O–H groups in total. The first-order valence-electron chi connectivity index (χ1n) is 4.91. The van der Waals surface area contributed by atoms with Gasteiger partial charge in [-0.15, -0.1) is 11.3 Å². The summed E-state index contributed by atoms with van der Waals surface area (Å²) in [6, 6.07) is 5.13. The van der Waals surface area contributed by atoms with Crippen LogP contribution >= 0.6 is 23.1 Å². The molecule has 1 aromatic carbocycles. The minimum absolute atomic E-state index is 0.103. The summed E-state index contributed by atoms with van der Waals surface area (Å²) in [7, 11) is 0. The van der Waals surface area contributed by atoms with E-state index in [2.05, 4.69) is 0 Å². The van der Waals surface area contributed by atoms with Crippen molar-refractivity contribution < 1.29 is 19.2 Å². The van der Waals surface area contributed by atoms with Gasteiger partial charge in [0.25, 0.3) is 5.69 Å². The number of carbonyl (C=O) groups is 1. The number of hydrogen-bond donors (Lipinski definition) is 1. The first-order chi connectivity index (χ1) is 8.99. The summed E-state index contributed by atoms with van der Waals surface area (Å²) >= 11 is 2.39. The molecule has 0 aliphatic carbocycles. The van der Waals surface area contributed by atoms with Gasteiger partial charge in [-0.25, -0.2) is 9.18 Å². The van der Waals surface area contributed by atoms with Gasteiger partial charge in [-0.05, 0) is 17.5 Å². The molecule has 0 amide bonds. The van der Waals surface area contributed by atoms with Crippen molar-refractivity contribution in [2.45, 2.75) is 9.10 Å². The number of nitro groups is 1. The van der Waals surface area contributed by atoms with Crippen LogP contribution in [0.3, 0.4) is 0 Å². The fourth-order valence-corrected chi connectivity index (χ4v) is 3.22. The van der Waals surface area contributed by atoms with Gasteiger partial charge in [0.1, 0.15) is 5.82 Å². The van der Waals surface area contributed by atoms with E-state index in [-0.39, 0.29) is 4.90 Å². The van der Waals surface area contributed by atoms with Crippen LogP contribution in [0.25, 0.3) is 0 Å². The van der Waals surface area contributed by atoms with Gasteiger partial charge in [0.2, 0.25) is 0 Å². The molecule has 19 heavy (non-hydrogen) atoms. The maximum Gasteiger partial charge on any atom is 0.338 e. The number of benzene rings is 1. The van der Waals surface area contributed by atoms with Gasteiger partial charge in [0, 0.05) is 0 Å². The van der Waals surface area contributed by atoms with Crippen molar-refractivity contribution in [3.63, 3.8) is 0 Å². The Morgan fingerprint density at radius 1 is 1.47 bits per heavy atom. The largest absolute Gasteiger partial charge is 0.478 e. The average Bonchev–Trinajstić information content (AvgIpc) is 2.83. The van der Waals surface area contributed by atoms with Crippen molar-refractivity contribution >= 4 is 34.8 Å². The molecule has 0 bridgehead atoms. The molecule has 5 nitrogen and oxygen atoms in total. The van der Waals surface area contributed by atoms with Gasteiger partial charge in [0.05, 0.1) is 25.7 Å². The van der Waals surface area contributed by atoms with Gasteiger partial charge in [0.15, 0.2) is 0 Å². The van der Waals surface area contributed by atoms with Gasteiger partial charge in [-0.1, -0.05) is 17.8 Å². The fraction of sp³-hybridized carbons (Fsp3) is 0. The van der Waals surface area contributed by atoms with Gasteiger partial charge >= 0.3 is 5.97 Å².